The van der Waals surface area contributed by atoms with E-state index in [4.69, 9.17) is 10.5 Å². The molecule has 0 aliphatic heterocycles. The smallest absolute Gasteiger partial charge is 0.253 e. The highest BCUT2D eigenvalue weighted by Crippen LogP contribution is 2.18. The van der Waals surface area contributed by atoms with Crippen LogP contribution in [0.5, 0.6) is 0 Å². The lowest BCUT2D eigenvalue weighted by atomic mass is 10.1. The minimum atomic E-state index is -0.140. The monoisotopic (exact) mass is 328 g/mol. The van der Waals surface area contributed by atoms with Crippen molar-refractivity contribution in [2.45, 2.75) is 26.2 Å². The van der Waals surface area contributed by atoms with Gasteiger partial charge < -0.3 is 15.8 Å². The standard InChI is InChI=1S/C14H21BrN2O2/c1-2-3-8-19-9-4-7-17-14(18)12-6-5-11(15)10-13(12)16/h5-6,10H,2-4,7-9,16H2,1H3,(H,17,18). The Balaban J connectivity index is 2.24. The molecule has 19 heavy (non-hydrogen) atoms. The van der Waals surface area contributed by atoms with E-state index in [9.17, 15) is 4.79 Å². The quantitative estimate of drug-likeness (QED) is 0.569. The zero-order valence-corrected chi connectivity index (χ0v) is 12.8. The van der Waals surface area contributed by atoms with Gasteiger partial charge in [0, 0.05) is 29.9 Å². The van der Waals surface area contributed by atoms with Crippen LogP contribution in [0.4, 0.5) is 5.69 Å². The van der Waals surface area contributed by atoms with Gasteiger partial charge in [-0.3, -0.25) is 4.79 Å². The Bertz CT molecular complexity index is 410. The van der Waals surface area contributed by atoms with Crippen molar-refractivity contribution in [3.63, 3.8) is 0 Å². The molecular formula is C14H21BrN2O2. The van der Waals surface area contributed by atoms with Crippen LogP contribution in [0.25, 0.3) is 0 Å². The van der Waals surface area contributed by atoms with Gasteiger partial charge in [-0.05, 0) is 31.0 Å². The Morgan fingerprint density at radius 1 is 1.37 bits per heavy atom. The van der Waals surface area contributed by atoms with Crippen LogP contribution in [-0.2, 0) is 4.74 Å². The Labute approximate surface area is 122 Å². The highest BCUT2D eigenvalue weighted by molar-refractivity contribution is 9.10. The van der Waals surface area contributed by atoms with Crippen LogP contribution in [0.15, 0.2) is 22.7 Å². The molecule has 0 saturated carbocycles. The molecule has 0 spiro atoms. The number of ether oxygens (including phenoxy) is 1. The fourth-order valence-electron chi connectivity index (χ4n) is 1.56. The second-order valence-corrected chi connectivity index (χ2v) is 5.22. The summed E-state index contributed by atoms with van der Waals surface area (Å²) in [4.78, 5) is 11.9. The number of amides is 1. The summed E-state index contributed by atoms with van der Waals surface area (Å²) in [7, 11) is 0. The average Bonchev–Trinajstić information content (AvgIpc) is 2.37. The first-order valence-corrected chi connectivity index (χ1v) is 7.35. The first kappa shape index (κ1) is 16.0. The van der Waals surface area contributed by atoms with E-state index in [0.717, 1.165) is 30.3 Å². The SMILES string of the molecule is CCCCOCCCNC(=O)c1ccc(Br)cc1N. The van der Waals surface area contributed by atoms with Crippen LogP contribution in [0.1, 0.15) is 36.5 Å². The lowest BCUT2D eigenvalue weighted by molar-refractivity contribution is 0.0941. The van der Waals surface area contributed by atoms with E-state index < -0.39 is 0 Å². The van der Waals surface area contributed by atoms with Crippen molar-refractivity contribution in [1.82, 2.24) is 5.32 Å². The maximum atomic E-state index is 11.9. The zero-order valence-electron chi connectivity index (χ0n) is 11.2. The number of anilines is 1. The molecule has 0 radical (unpaired) electrons. The molecule has 0 atom stereocenters. The number of carbonyl (C=O) groups is 1. The molecule has 4 nitrogen and oxygen atoms in total. The van der Waals surface area contributed by atoms with Crippen molar-refractivity contribution in [3.8, 4) is 0 Å². The minimum Gasteiger partial charge on any atom is -0.398 e. The van der Waals surface area contributed by atoms with Crippen molar-refractivity contribution in [1.29, 1.82) is 0 Å². The summed E-state index contributed by atoms with van der Waals surface area (Å²) >= 11 is 3.31. The van der Waals surface area contributed by atoms with Gasteiger partial charge in [-0.25, -0.2) is 0 Å². The summed E-state index contributed by atoms with van der Waals surface area (Å²) in [5.74, 6) is -0.140. The summed E-state index contributed by atoms with van der Waals surface area (Å²) < 4.78 is 6.29. The highest BCUT2D eigenvalue weighted by atomic mass is 79.9. The summed E-state index contributed by atoms with van der Waals surface area (Å²) in [6, 6.07) is 5.24. The van der Waals surface area contributed by atoms with E-state index in [1.54, 1.807) is 18.2 Å². The van der Waals surface area contributed by atoms with Crippen molar-refractivity contribution in [3.05, 3.63) is 28.2 Å². The summed E-state index contributed by atoms with van der Waals surface area (Å²) in [5, 5.41) is 2.84. The Kier molecular flexibility index (Phi) is 7.52. The normalized spacial score (nSPS) is 10.4. The van der Waals surface area contributed by atoms with Crippen LogP contribution in [0.2, 0.25) is 0 Å². The lowest BCUT2D eigenvalue weighted by Crippen LogP contribution is -2.26. The van der Waals surface area contributed by atoms with Gasteiger partial charge in [-0.1, -0.05) is 29.3 Å². The molecule has 3 N–H and O–H groups in total. The first-order chi connectivity index (χ1) is 9.15. The molecule has 1 rings (SSSR count). The fraction of sp³-hybridized carbons (Fsp3) is 0.500. The average molecular weight is 329 g/mol. The third kappa shape index (κ3) is 6.07. The number of nitrogens with two attached hydrogens (primary N) is 1. The Hall–Kier alpha value is -1.07. The molecule has 0 bridgehead atoms. The summed E-state index contributed by atoms with van der Waals surface area (Å²) in [5.41, 5.74) is 6.78. The van der Waals surface area contributed by atoms with Gasteiger partial charge in [0.05, 0.1) is 5.56 Å². The Morgan fingerprint density at radius 3 is 2.79 bits per heavy atom. The molecule has 106 valence electrons. The van der Waals surface area contributed by atoms with E-state index in [-0.39, 0.29) is 5.91 Å². The van der Waals surface area contributed by atoms with E-state index in [2.05, 4.69) is 28.2 Å². The van der Waals surface area contributed by atoms with E-state index >= 15 is 0 Å². The maximum Gasteiger partial charge on any atom is 0.253 e. The number of rotatable bonds is 8. The van der Waals surface area contributed by atoms with Gasteiger partial charge in [0.1, 0.15) is 0 Å². The molecule has 5 heteroatoms. The minimum absolute atomic E-state index is 0.140. The molecule has 1 aromatic rings. The molecule has 1 aromatic carbocycles. The summed E-state index contributed by atoms with van der Waals surface area (Å²) in [6.45, 7) is 4.20. The first-order valence-electron chi connectivity index (χ1n) is 6.56. The van der Waals surface area contributed by atoms with Crippen molar-refractivity contribution < 1.29 is 9.53 Å². The largest absolute Gasteiger partial charge is 0.398 e. The number of unbranched alkanes of at least 4 members (excludes halogenated alkanes) is 1. The van der Waals surface area contributed by atoms with Gasteiger partial charge in [-0.15, -0.1) is 0 Å². The number of hydrogen-bond acceptors (Lipinski definition) is 3. The van der Waals surface area contributed by atoms with Crippen molar-refractivity contribution >= 4 is 27.5 Å². The summed E-state index contributed by atoms with van der Waals surface area (Å²) in [6.07, 6.45) is 3.03. The predicted molar refractivity (Wildman–Crippen MR) is 81.2 cm³/mol. The molecular weight excluding hydrogens is 308 g/mol. The Morgan fingerprint density at radius 2 is 2.11 bits per heavy atom. The van der Waals surface area contributed by atoms with E-state index in [1.807, 2.05) is 0 Å². The zero-order chi connectivity index (χ0) is 14.1. The second kappa shape index (κ2) is 8.93. The molecule has 0 saturated heterocycles. The molecule has 1 amide bonds. The molecule has 0 aliphatic carbocycles. The van der Waals surface area contributed by atoms with Crippen LogP contribution < -0.4 is 11.1 Å². The van der Waals surface area contributed by atoms with E-state index in [0.29, 0.717) is 24.4 Å². The van der Waals surface area contributed by atoms with Crippen LogP contribution in [0.3, 0.4) is 0 Å². The number of hydrogen-bond donors (Lipinski definition) is 2. The number of benzene rings is 1. The molecule has 0 unspecified atom stereocenters. The van der Waals surface area contributed by atoms with Gasteiger partial charge in [0.25, 0.3) is 5.91 Å². The molecule has 0 aromatic heterocycles. The second-order valence-electron chi connectivity index (χ2n) is 4.31. The topological polar surface area (TPSA) is 64.3 Å². The fourth-order valence-corrected chi connectivity index (χ4v) is 1.94. The van der Waals surface area contributed by atoms with Gasteiger partial charge >= 0.3 is 0 Å². The van der Waals surface area contributed by atoms with Crippen LogP contribution in [-0.4, -0.2) is 25.7 Å². The van der Waals surface area contributed by atoms with Crippen molar-refractivity contribution in [2.24, 2.45) is 0 Å². The van der Waals surface area contributed by atoms with Gasteiger partial charge in [0.2, 0.25) is 0 Å². The van der Waals surface area contributed by atoms with Gasteiger partial charge in [-0.2, -0.15) is 0 Å². The predicted octanol–water partition coefficient (Wildman–Crippen LogP) is 2.97. The van der Waals surface area contributed by atoms with Crippen LogP contribution in [0, 0.1) is 0 Å². The number of nitrogen functional groups attached to an aromatic ring is 1. The maximum absolute atomic E-state index is 11.9. The highest BCUT2D eigenvalue weighted by Gasteiger charge is 2.08. The molecule has 0 heterocycles. The lowest BCUT2D eigenvalue weighted by Gasteiger charge is -2.08. The van der Waals surface area contributed by atoms with Crippen LogP contribution >= 0.6 is 15.9 Å². The third-order valence-electron chi connectivity index (χ3n) is 2.65. The molecule has 0 aliphatic rings. The number of carbonyl (C=O) groups excluding carboxylic acids is 1. The van der Waals surface area contributed by atoms with Gasteiger partial charge in [0.15, 0.2) is 0 Å². The van der Waals surface area contributed by atoms with E-state index in [1.165, 1.54) is 0 Å². The molecule has 0 fully saturated rings. The number of halogens is 1. The van der Waals surface area contributed by atoms with Crippen molar-refractivity contribution in [2.75, 3.05) is 25.5 Å². The third-order valence-corrected chi connectivity index (χ3v) is 3.14. The number of nitrogens with one attached hydrogen (secondary N) is 1.